The molecule has 0 fully saturated rings. The van der Waals surface area contributed by atoms with Gasteiger partial charge in [0.2, 0.25) is 0 Å². The summed E-state index contributed by atoms with van der Waals surface area (Å²) in [6.45, 7) is -0.123. The van der Waals surface area contributed by atoms with Crippen LogP contribution in [0.25, 0.3) is 10.4 Å². The zero-order chi connectivity index (χ0) is 37.5. The van der Waals surface area contributed by atoms with E-state index in [0.717, 1.165) is 17.8 Å². The van der Waals surface area contributed by atoms with Crippen LogP contribution in [0.3, 0.4) is 0 Å². The van der Waals surface area contributed by atoms with Crippen LogP contribution < -0.4 is 26.0 Å². The molecule has 0 radical (unpaired) electrons. The van der Waals surface area contributed by atoms with Gasteiger partial charge in [0.1, 0.15) is 12.8 Å². The fourth-order valence-electron chi connectivity index (χ4n) is 5.07. The standard InChI is InChI=1S/C37H41F2N9O4/c1-48(2)30-15-13-28(14-16-30)45-44-27-11-9-25(10-12-27)36(50)42-19-17-24-20-31(38)35(32(39)21-24)52-23-34(49)33(8-3-4-18-40)43-37(51)26-6-5-7-29(22-26)46-47-41/h5-7,9-16,20-22,33,36,42,50H,3-4,8,17-19,23,40H2,1-2H3,(H,43,51)/b45-44+/t33-,36?/m0/s1. The molecule has 0 heterocycles. The van der Waals surface area contributed by atoms with Gasteiger partial charge in [-0.2, -0.15) is 10.2 Å². The number of nitrogens with one attached hydrogen (secondary N) is 2. The number of unbranched alkanes of at least 4 members (excludes halogenated alkanes) is 1. The number of hydrogen-bond donors (Lipinski definition) is 4. The number of benzene rings is 4. The number of carbonyl (C=O) groups excluding carboxylic acids is 2. The van der Waals surface area contributed by atoms with Gasteiger partial charge >= 0.3 is 0 Å². The van der Waals surface area contributed by atoms with Crippen LogP contribution in [-0.2, 0) is 11.2 Å². The summed E-state index contributed by atoms with van der Waals surface area (Å²) < 4.78 is 35.2. The van der Waals surface area contributed by atoms with E-state index in [2.05, 4.69) is 30.9 Å². The minimum Gasteiger partial charge on any atom is -0.480 e. The molecule has 52 heavy (non-hydrogen) atoms. The van der Waals surface area contributed by atoms with Crippen LogP contribution in [0.1, 0.15) is 47.0 Å². The average molecular weight is 714 g/mol. The number of ketones is 1. The molecule has 0 bridgehead atoms. The van der Waals surface area contributed by atoms with Crippen molar-refractivity contribution in [3.8, 4) is 5.75 Å². The lowest BCUT2D eigenvalue weighted by molar-refractivity contribution is -0.123. The summed E-state index contributed by atoms with van der Waals surface area (Å²) in [7, 11) is 3.91. The molecule has 4 aromatic carbocycles. The number of Topliss-reactive ketones (excluding diaryl/α,β-unsaturated/α-hetero) is 1. The zero-order valence-corrected chi connectivity index (χ0v) is 28.9. The third-order valence-corrected chi connectivity index (χ3v) is 7.93. The maximum Gasteiger partial charge on any atom is 0.251 e. The smallest absolute Gasteiger partial charge is 0.251 e. The summed E-state index contributed by atoms with van der Waals surface area (Å²) in [5.74, 6) is -3.91. The Morgan fingerprint density at radius 2 is 1.60 bits per heavy atom. The fraction of sp³-hybridized carbons (Fsp3) is 0.297. The third-order valence-electron chi connectivity index (χ3n) is 7.93. The number of anilines is 1. The normalized spacial score (nSPS) is 12.2. The minimum atomic E-state index is -1.04. The number of amides is 1. The molecule has 272 valence electrons. The molecule has 1 amide bonds. The Kier molecular flexibility index (Phi) is 14.7. The number of halogens is 2. The van der Waals surface area contributed by atoms with Crippen LogP contribution in [0, 0.1) is 11.6 Å². The summed E-state index contributed by atoms with van der Waals surface area (Å²) in [4.78, 5) is 30.6. The van der Waals surface area contributed by atoms with Crippen molar-refractivity contribution >= 4 is 34.4 Å². The Labute approximate surface area is 300 Å². The Bertz CT molecular complexity index is 1860. The lowest BCUT2D eigenvalue weighted by Gasteiger charge is -2.19. The Morgan fingerprint density at radius 1 is 0.942 bits per heavy atom. The molecule has 5 N–H and O–H groups in total. The number of ether oxygens (including phenoxy) is 1. The van der Waals surface area contributed by atoms with E-state index in [4.69, 9.17) is 16.0 Å². The predicted molar refractivity (Wildman–Crippen MR) is 194 cm³/mol. The third kappa shape index (κ3) is 11.7. The SMILES string of the molecule is CN(C)c1ccc(/N=N/c2ccc(C(O)NCCc3cc(F)c(OCC(=O)[C@H](CCCCN)NC(=O)c4cccc(N=[N+]=[N-])c4)c(F)c3)cc2)cc1. The second kappa shape index (κ2) is 19.6. The van der Waals surface area contributed by atoms with E-state index in [1.54, 1.807) is 24.3 Å². The van der Waals surface area contributed by atoms with E-state index in [-0.39, 0.29) is 30.6 Å². The molecule has 0 aliphatic heterocycles. The van der Waals surface area contributed by atoms with Gasteiger partial charge in [0.15, 0.2) is 23.2 Å². The molecule has 0 saturated heterocycles. The van der Waals surface area contributed by atoms with Crippen LogP contribution >= 0.6 is 0 Å². The zero-order valence-electron chi connectivity index (χ0n) is 28.9. The van der Waals surface area contributed by atoms with Crippen molar-refractivity contribution in [3.05, 3.63) is 124 Å². The van der Waals surface area contributed by atoms with Gasteiger partial charge in [-0.25, -0.2) is 8.78 Å². The van der Waals surface area contributed by atoms with Gasteiger partial charge in [0.25, 0.3) is 5.91 Å². The number of rotatable bonds is 19. The quantitative estimate of drug-likeness (QED) is 0.0262. The van der Waals surface area contributed by atoms with Gasteiger partial charge < -0.3 is 25.8 Å². The molecule has 15 heteroatoms. The van der Waals surface area contributed by atoms with E-state index < -0.39 is 48.0 Å². The Morgan fingerprint density at radius 3 is 2.21 bits per heavy atom. The molecule has 13 nitrogen and oxygen atoms in total. The van der Waals surface area contributed by atoms with Crippen molar-refractivity contribution in [2.45, 2.75) is 38.0 Å². The predicted octanol–water partition coefficient (Wildman–Crippen LogP) is 7.09. The Balaban J connectivity index is 1.29. The topological polar surface area (TPSA) is 190 Å². The number of nitrogens with zero attached hydrogens (tertiary/aromatic N) is 6. The van der Waals surface area contributed by atoms with Crippen LogP contribution in [0.5, 0.6) is 5.75 Å². The molecule has 0 aromatic heterocycles. The minimum absolute atomic E-state index is 0.163. The number of azide groups is 1. The van der Waals surface area contributed by atoms with Crippen molar-refractivity contribution in [1.29, 1.82) is 0 Å². The first-order valence-corrected chi connectivity index (χ1v) is 16.6. The van der Waals surface area contributed by atoms with Crippen LogP contribution in [0.4, 0.5) is 31.5 Å². The fourth-order valence-corrected chi connectivity index (χ4v) is 5.07. The van der Waals surface area contributed by atoms with Crippen molar-refractivity contribution in [3.63, 3.8) is 0 Å². The van der Waals surface area contributed by atoms with Gasteiger partial charge in [-0.15, -0.1) is 0 Å². The maximum absolute atomic E-state index is 15.0. The molecule has 0 spiro atoms. The highest BCUT2D eigenvalue weighted by Crippen LogP contribution is 2.25. The molecular formula is C37H41F2N9O4. The number of aliphatic hydroxyl groups is 1. The first-order chi connectivity index (χ1) is 25.1. The highest BCUT2D eigenvalue weighted by atomic mass is 19.1. The molecule has 0 saturated carbocycles. The summed E-state index contributed by atoms with van der Waals surface area (Å²) in [5, 5.41) is 28.1. The average Bonchev–Trinajstić information content (AvgIpc) is 3.13. The first-order valence-electron chi connectivity index (χ1n) is 16.6. The van der Waals surface area contributed by atoms with E-state index >= 15 is 0 Å². The number of nitrogens with two attached hydrogens (primary N) is 1. The van der Waals surface area contributed by atoms with E-state index in [9.17, 15) is 23.5 Å². The van der Waals surface area contributed by atoms with E-state index in [1.165, 1.54) is 24.3 Å². The number of hydrogen-bond acceptors (Lipinski definition) is 10. The van der Waals surface area contributed by atoms with Gasteiger partial charge in [-0.3, -0.25) is 14.9 Å². The van der Waals surface area contributed by atoms with Gasteiger partial charge in [0.05, 0.1) is 17.4 Å². The van der Waals surface area contributed by atoms with Crippen LogP contribution in [0.15, 0.2) is 100 Å². The lowest BCUT2D eigenvalue weighted by atomic mass is 10.0. The molecule has 2 atom stereocenters. The summed E-state index contributed by atoms with van der Waals surface area (Å²) >= 11 is 0. The second-order valence-electron chi connectivity index (χ2n) is 12.0. The lowest BCUT2D eigenvalue weighted by Crippen LogP contribution is -2.43. The number of azo groups is 1. The highest BCUT2D eigenvalue weighted by molar-refractivity contribution is 5.98. The largest absolute Gasteiger partial charge is 0.480 e. The second-order valence-corrected chi connectivity index (χ2v) is 12.0. The van der Waals surface area contributed by atoms with Crippen molar-refractivity contribution in [2.75, 3.05) is 38.7 Å². The molecule has 0 aliphatic rings. The van der Waals surface area contributed by atoms with Crippen molar-refractivity contribution in [2.24, 2.45) is 21.1 Å². The van der Waals surface area contributed by atoms with Crippen molar-refractivity contribution < 1.29 is 28.2 Å². The van der Waals surface area contributed by atoms with Crippen molar-refractivity contribution in [1.82, 2.24) is 10.6 Å². The monoisotopic (exact) mass is 713 g/mol. The van der Waals surface area contributed by atoms with Gasteiger partial charge in [0, 0.05) is 42.5 Å². The van der Waals surface area contributed by atoms with Gasteiger partial charge in [-0.05, 0) is 110 Å². The van der Waals surface area contributed by atoms with Crippen LogP contribution in [-0.4, -0.2) is 56.6 Å². The summed E-state index contributed by atoms with van der Waals surface area (Å²) in [6.07, 6.45) is 0.471. The van der Waals surface area contributed by atoms with Crippen LogP contribution in [0.2, 0.25) is 0 Å². The molecule has 0 aliphatic carbocycles. The molecular weight excluding hydrogens is 672 g/mol. The molecule has 1 unspecified atom stereocenters. The number of aliphatic hydroxyl groups excluding tert-OH is 1. The summed E-state index contributed by atoms with van der Waals surface area (Å²) in [6, 6.07) is 21.5. The van der Waals surface area contributed by atoms with Gasteiger partial charge in [-0.1, -0.05) is 29.4 Å². The number of carbonyl (C=O) groups is 2. The summed E-state index contributed by atoms with van der Waals surface area (Å²) in [5.41, 5.74) is 17.9. The Hall–Kier alpha value is -5.73. The molecule has 4 aromatic rings. The van der Waals surface area contributed by atoms with E-state index in [1.807, 2.05) is 43.3 Å². The first kappa shape index (κ1) is 39.1. The molecule has 4 rings (SSSR count). The highest BCUT2D eigenvalue weighted by Gasteiger charge is 2.23. The van der Waals surface area contributed by atoms with E-state index in [0.29, 0.717) is 41.9 Å². The maximum atomic E-state index is 15.0.